The van der Waals surface area contributed by atoms with Gasteiger partial charge in [-0.1, -0.05) is 30.3 Å². The molecule has 2 aromatic carbocycles. The molecule has 0 saturated carbocycles. The van der Waals surface area contributed by atoms with Gasteiger partial charge in [0.15, 0.2) is 23.3 Å². The summed E-state index contributed by atoms with van der Waals surface area (Å²) in [6.45, 7) is -0.987. The molecule has 0 aliphatic rings. The van der Waals surface area contributed by atoms with Crippen LogP contribution >= 0.6 is 0 Å². The Morgan fingerprint density at radius 3 is 1.87 bits per heavy atom. The molecule has 3 nitrogen and oxygen atoms in total. The Hall–Kier alpha value is -2.48. The van der Waals surface area contributed by atoms with E-state index in [9.17, 15) is 26.7 Å². The molecule has 8 heteroatoms. The molecule has 0 aliphatic carbocycles. The van der Waals surface area contributed by atoms with Crippen LogP contribution in [0.2, 0.25) is 0 Å². The van der Waals surface area contributed by atoms with E-state index in [2.05, 4.69) is 0 Å². The second-order valence-corrected chi connectivity index (χ2v) is 4.48. The maximum Gasteiger partial charge on any atom is 0.329 e. The van der Waals surface area contributed by atoms with Crippen LogP contribution in [0.15, 0.2) is 30.3 Å². The van der Waals surface area contributed by atoms with Gasteiger partial charge in [-0.2, -0.15) is 0 Å². The minimum atomic E-state index is -2.30. The van der Waals surface area contributed by atoms with Crippen LogP contribution in [0.5, 0.6) is 0 Å². The molecule has 2 rings (SSSR count). The lowest BCUT2D eigenvalue weighted by molar-refractivity contribution is -0.143. The molecule has 0 aromatic heterocycles. The van der Waals surface area contributed by atoms with Crippen molar-refractivity contribution in [3.05, 3.63) is 70.5 Å². The molecule has 0 saturated heterocycles. The molecular weight excluding hydrogens is 323 g/mol. The lowest BCUT2D eigenvalue weighted by atomic mass is 9.99. The highest BCUT2D eigenvalue weighted by atomic mass is 19.2. The quantitative estimate of drug-likeness (QED) is 0.517. The standard InChI is InChI=1S/C15H9F5O3/c16-10-9(11(17)13(19)14(20)12(10)18)15(23-6-8(21)22)7-4-2-1-3-5-7/h1-5,15H,6H2,(H,21,22). The third-order valence-corrected chi connectivity index (χ3v) is 2.98. The van der Waals surface area contributed by atoms with Crippen molar-refractivity contribution in [3.63, 3.8) is 0 Å². The van der Waals surface area contributed by atoms with E-state index < -0.39 is 53.3 Å². The second-order valence-electron chi connectivity index (χ2n) is 4.48. The van der Waals surface area contributed by atoms with Crippen LogP contribution in [0, 0.1) is 29.1 Å². The van der Waals surface area contributed by atoms with Gasteiger partial charge in [-0.25, -0.2) is 26.7 Å². The summed E-state index contributed by atoms with van der Waals surface area (Å²) >= 11 is 0. The predicted molar refractivity (Wildman–Crippen MR) is 68.1 cm³/mol. The van der Waals surface area contributed by atoms with Crippen LogP contribution in [-0.2, 0) is 9.53 Å². The molecule has 1 unspecified atom stereocenters. The highest BCUT2D eigenvalue weighted by Gasteiger charge is 2.32. The molecule has 23 heavy (non-hydrogen) atoms. The summed E-state index contributed by atoms with van der Waals surface area (Å²) in [7, 11) is 0. The molecule has 1 N–H and O–H groups in total. The van der Waals surface area contributed by atoms with Crippen LogP contribution in [0.25, 0.3) is 0 Å². The number of halogens is 5. The smallest absolute Gasteiger partial charge is 0.329 e. The zero-order valence-corrected chi connectivity index (χ0v) is 11.3. The second kappa shape index (κ2) is 6.74. The Labute approximate surface area is 126 Å². The highest BCUT2D eigenvalue weighted by molar-refractivity contribution is 5.68. The van der Waals surface area contributed by atoms with Crippen molar-refractivity contribution in [2.45, 2.75) is 6.10 Å². The summed E-state index contributed by atoms with van der Waals surface area (Å²) in [5.41, 5.74) is -1.20. The molecule has 0 amide bonds. The topological polar surface area (TPSA) is 46.5 Å². The number of aliphatic carboxylic acids is 1. The summed E-state index contributed by atoms with van der Waals surface area (Å²) in [6.07, 6.45) is -1.77. The van der Waals surface area contributed by atoms with Gasteiger partial charge in [0.1, 0.15) is 12.7 Å². The van der Waals surface area contributed by atoms with Crippen molar-refractivity contribution < 1.29 is 36.6 Å². The van der Waals surface area contributed by atoms with Gasteiger partial charge in [0, 0.05) is 0 Å². The van der Waals surface area contributed by atoms with Gasteiger partial charge in [0.25, 0.3) is 0 Å². The first-order valence-electron chi connectivity index (χ1n) is 6.24. The summed E-state index contributed by atoms with van der Waals surface area (Å²) < 4.78 is 72.5. The number of rotatable bonds is 5. The number of carboxylic acid groups (broad SMARTS) is 1. The average molecular weight is 332 g/mol. The number of benzene rings is 2. The van der Waals surface area contributed by atoms with Crippen molar-refractivity contribution >= 4 is 5.97 Å². The van der Waals surface area contributed by atoms with E-state index >= 15 is 0 Å². The van der Waals surface area contributed by atoms with E-state index in [0.29, 0.717) is 0 Å². The molecule has 2 aromatic rings. The van der Waals surface area contributed by atoms with Crippen molar-refractivity contribution in [2.24, 2.45) is 0 Å². The van der Waals surface area contributed by atoms with Gasteiger partial charge < -0.3 is 9.84 Å². The fraction of sp³-hybridized carbons (Fsp3) is 0.133. The monoisotopic (exact) mass is 332 g/mol. The number of carbonyl (C=O) groups is 1. The first-order valence-corrected chi connectivity index (χ1v) is 6.24. The Balaban J connectivity index is 2.62. The molecule has 0 heterocycles. The summed E-state index contributed by atoms with van der Waals surface area (Å²) in [5.74, 6) is -12.2. The summed E-state index contributed by atoms with van der Waals surface area (Å²) in [6, 6.07) is 7.06. The van der Waals surface area contributed by atoms with Crippen LogP contribution in [0.3, 0.4) is 0 Å². The van der Waals surface area contributed by atoms with E-state index in [-0.39, 0.29) is 5.56 Å². The zero-order chi connectivity index (χ0) is 17.1. The van der Waals surface area contributed by atoms with Crippen LogP contribution in [0.4, 0.5) is 22.0 Å². The Kier molecular flexibility index (Phi) is 4.95. The highest BCUT2D eigenvalue weighted by Crippen LogP contribution is 2.33. The molecule has 0 spiro atoms. The van der Waals surface area contributed by atoms with Crippen molar-refractivity contribution in [2.75, 3.05) is 6.61 Å². The van der Waals surface area contributed by atoms with Crippen LogP contribution in [-0.4, -0.2) is 17.7 Å². The lowest BCUT2D eigenvalue weighted by Gasteiger charge is -2.20. The van der Waals surface area contributed by atoms with Crippen molar-refractivity contribution in [1.82, 2.24) is 0 Å². The Bertz CT molecular complexity index is 705. The zero-order valence-electron chi connectivity index (χ0n) is 11.3. The first-order chi connectivity index (χ1) is 10.8. The average Bonchev–Trinajstić information content (AvgIpc) is 2.54. The van der Waals surface area contributed by atoms with Crippen molar-refractivity contribution in [1.29, 1.82) is 0 Å². The predicted octanol–water partition coefficient (Wildman–Crippen LogP) is 3.57. The van der Waals surface area contributed by atoms with Gasteiger partial charge in [-0.05, 0) is 5.56 Å². The maximum atomic E-state index is 13.9. The van der Waals surface area contributed by atoms with Crippen molar-refractivity contribution in [3.8, 4) is 0 Å². The van der Waals surface area contributed by atoms with Crippen LogP contribution < -0.4 is 0 Å². The van der Waals surface area contributed by atoms with Gasteiger partial charge in [-0.15, -0.1) is 0 Å². The van der Waals surface area contributed by atoms with E-state index in [4.69, 9.17) is 9.84 Å². The molecular formula is C15H9F5O3. The first kappa shape index (κ1) is 16.9. The number of carboxylic acids is 1. The van der Waals surface area contributed by atoms with Gasteiger partial charge in [0.2, 0.25) is 5.82 Å². The molecule has 0 bridgehead atoms. The fourth-order valence-electron chi connectivity index (χ4n) is 1.98. The SMILES string of the molecule is O=C(O)COC(c1ccccc1)c1c(F)c(F)c(F)c(F)c1F. The molecule has 0 fully saturated rings. The fourth-order valence-corrected chi connectivity index (χ4v) is 1.98. The van der Waals surface area contributed by atoms with E-state index in [0.717, 1.165) is 0 Å². The molecule has 0 aliphatic heterocycles. The van der Waals surface area contributed by atoms with Gasteiger partial charge >= 0.3 is 5.97 Å². The largest absolute Gasteiger partial charge is 0.480 e. The van der Waals surface area contributed by atoms with E-state index in [1.165, 1.54) is 24.3 Å². The third kappa shape index (κ3) is 3.31. The van der Waals surface area contributed by atoms with Gasteiger partial charge in [0.05, 0.1) is 5.56 Å². The number of hydrogen-bond acceptors (Lipinski definition) is 2. The molecule has 122 valence electrons. The maximum absolute atomic E-state index is 13.9. The van der Waals surface area contributed by atoms with Crippen LogP contribution in [0.1, 0.15) is 17.2 Å². The summed E-state index contributed by atoms with van der Waals surface area (Å²) in [5, 5.41) is 8.63. The minimum absolute atomic E-state index is 0.0389. The van der Waals surface area contributed by atoms with E-state index in [1.807, 2.05) is 0 Å². The van der Waals surface area contributed by atoms with Gasteiger partial charge in [-0.3, -0.25) is 0 Å². The minimum Gasteiger partial charge on any atom is -0.480 e. The molecule has 0 radical (unpaired) electrons. The molecule has 1 atom stereocenters. The number of hydrogen-bond donors (Lipinski definition) is 1. The Morgan fingerprint density at radius 2 is 1.39 bits per heavy atom. The third-order valence-electron chi connectivity index (χ3n) is 2.98. The number of ether oxygens (including phenoxy) is 1. The lowest BCUT2D eigenvalue weighted by Crippen LogP contribution is -2.18. The normalized spacial score (nSPS) is 12.2. The van der Waals surface area contributed by atoms with E-state index in [1.54, 1.807) is 6.07 Å². The Morgan fingerprint density at radius 1 is 0.913 bits per heavy atom. The summed E-state index contributed by atoms with van der Waals surface area (Å²) in [4.78, 5) is 10.6.